The molecule has 0 spiro atoms. The fourth-order valence-electron chi connectivity index (χ4n) is 2.78. The van der Waals surface area contributed by atoms with Gasteiger partial charge in [0.05, 0.1) is 38.8 Å². The lowest BCUT2D eigenvalue weighted by Crippen LogP contribution is -2.04. The number of esters is 1. The van der Waals surface area contributed by atoms with E-state index in [1.807, 2.05) is 0 Å². The molecule has 0 heterocycles. The summed E-state index contributed by atoms with van der Waals surface area (Å²) in [6, 6.07) is 5.31. The zero-order valence-electron chi connectivity index (χ0n) is 17.8. The van der Waals surface area contributed by atoms with Gasteiger partial charge in [0.1, 0.15) is 6.61 Å². The van der Waals surface area contributed by atoms with Crippen molar-refractivity contribution in [2.75, 3.05) is 26.4 Å². The van der Waals surface area contributed by atoms with Crippen LogP contribution in [0.2, 0.25) is 0 Å². The molecule has 0 N–H and O–H groups in total. The Balaban J connectivity index is 3.25. The van der Waals surface area contributed by atoms with Crippen LogP contribution in [-0.2, 0) is 55.7 Å². The molecule has 10 heteroatoms. The van der Waals surface area contributed by atoms with Crippen LogP contribution in [0, 0.1) is 0 Å². The number of hydrogen-bond donors (Lipinski definition) is 0. The van der Waals surface area contributed by atoms with Gasteiger partial charge in [-0.05, 0) is 44.4 Å². The molecule has 0 aliphatic heterocycles. The van der Waals surface area contributed by atoms with Gasteiger partial charge < -0.3 is 22.8 Å². The second-order valence-corrected chi connectivity index (χ2v) is 10.3. The SMILES string of the molecule is CCOP(=O)(Cc1cc(COC(C)=O)cc(CP(=O)(OCC)OCC)c1)OCC. The van der Waals surface area contributed by atoms with Gasteiger partial charge in [-0.2, -0.15) is 0 Å². The number of carbonyl (C=O) groups is 1. The molecule has 0 bridgehead atoms. The molecule has 8 nitrogen and oxygen atoms in total. The number of carbonyl (C=O) groups excluding carboxylic acids is 1. The maximum absolute atomic E-state index is 12.9. The molecule has 0 amide bonds. The van der Waals surface area contributed by atoms with E-state index in [0.717, 1.165) is 0 Å². The minimum absolute atomic E-state index is 0.0390. The van der Waals surface area contributed by atoms with Crippen LogP contribution in [0.5, 0.6) is 0 Å². The van der Waals surface area contributed by atoms with Gasteiger partial charge in [-0.1, -0.05) is 18.2 Å². The van der Waals surface area contributed by atoms with Gasteiger partial charge in [0.15, 0.2) is 0 Å². The highest BCUT2D eigenvalue weighted by atomic mass is 31.2. The van der Waals surface area contributed by atoms with E-state index in [0.29, 0.717) is 16.7 Å². The van der Waals surface area contributed by atoms with Crippen molar-refractivity contribution < 1.29 is 36.8 Å². The lowest BCUT2D eigenvalue weighted by Gasteiger charge is -2.20. The topological polar surface area (TPSA) is 97.4 Å². The van der Waals surface area contributed by atoms with E-state index in [-0.39, 0.29) is 45.4 Å². The second-order valence-electron chi connectivity index (χ2n) is 6.15. The van der Waals surface area contributed by atoms with E-state index < -0.39 is 21.2 Å². The molecule has 0 fully saturated rings. The fraction of sp³-hybridized carbons (Fsp3) is 0.632. The first-order valence-electron chi connectivity index (χ1n) is 9.70. The van der Waals surface area contributed by atoms with E-state index in [1.54, 1.807) is 45.9 Å². The Labute approximate surface area is 173 Å². The summed E-state index contributed by atoms with van der Waals surface area (Å²) in [6.45, 7) is 9.34. The van der Waals surface area contributed by atoms with E-state index in [2.05, 4.69) is 0 Å². The predicted molar refractivity (Wildman–Crippen MR) is 111 cm³/mol. The molecule has 0 unspecified atom stereocenters. The van der Waals surface area contributed by atoms with Crippen LogP contribution in [0.15, 0.2) is 18.2 Å². The predicted octanol–water partition coefficient (Wildman–Crippen LogP) is 5.28. The molecule has 0 radical (unpaired) electrons. The van der Waals surface area contributed by atoms with E-state index >= 15 is 0 Å². The Morgan fingerprint density at radius 1 is 0.724 bits per heavy atom. The molecule has 1 aromatic rings. The highest BCUT2D eigenvalue weighted by molar-refractivity contribution is 7.53. The van der Waals surface area contributed by atoms with Crippen molar-refractivity contribution in [2.45, 2.75) is 53.5 Å². The minimum atomic E-state index is -3.33. The normalized spacial score (nSPS) is 12.2. The zero-order valence-corrected chi connectivity index (χ0v) is 19.6. The molecule has 0 aliphatic carbocycles. The minimum Gasteiger partial charge on any atom is -0.461 e. The molecule has 1 aromatic carbocycles. The van der Waals surface area contributed by atoms with Crippen LogP contribution in [-0.4, -0.2) is 32.4 Å². The van der Waals surface area contributed by atoms with Crippen LogP contribution < -0.4 is 0 Å². The number of ether oxygens (including phenoxy) is 1. The molecule has 0 atom stereocenters. The first-order chi connectivity index (χ1) is 13.7. The third kappa shape index (κ3) is 9.56. The van der Waals surface area contributed by atoms with Gasteiger partial charge in [-0.15, -0.1) is 0 Å². The van der Waals surface area contributed by atoms with Crippen LogP contribution >= 0.6 is 15.2 Å². The van der Waals surface area contributed by atoms with Gasteiger partial charge >= 0.3 is 21.2 Å². The average Bonchev–Trinajstić information content (AvgIpc) is 2.60. The molecule has 0 saturated heterocycles. The van der Waals surface area contributed by atoms with Crippen LogP contribution in [0.3, 0.4) is 0 Å². The lowest BCUT2D eigenvalue weighted by molar-refractivity contribution is -0.142. The van der Waals surface area contributed by atoms with Crippen molar-refractivity contribution in [1.29, 1.82) is 0 Å². The Bertz CT molecular complexity index is 679. The summed E-state index contributed by atoms with van der Waals surface area (Å²) >= 11 is 0. The zero-order chi connectivity index (χ0) is 21.9. The van der Waals surface area contributed by atoms with Crippen molar-refractivity contribution in [2.24, 2.45) is 0 Å². The molecule has 0 aliphatic rings. The fourth-order valence-corrected chi connectivity index (χ4v) is 6.13. The van der Waals surface area contributed by atoms with E-state index in [4.69, 9.17) is 22.8 Å². The molecule has 29 heavy (non-hydrogen) atoms. The van der Waals surface area contributed by atoms with Gasteiger partial charge in [0.25, 0.3) is 0 Å². The van der Waals surface area contributed by atoms with Gasteiger partial charge in [-0.3, -0.25) is 13.9 Å². The maximum atomic E-state index is 12.9. The average molecular weight is 450 g/mol. The highest BCUT2D eigenvalue weighted by Gasteiger charge is 2.27. The highest BCUT2D eigenvalue weighted by Crippen LogP contribution is 2.53. The van der Waals surface area contributed by atoms with Crippen LogP contribution in [0.1, 0.15) is 51.3 Å². The summed E-state index contributed by atoms with van der Waals surface area (Å²) in [5, 5.41) is 0. The van der Waals surface area contributed by atoms with Crippen molar-refractivity contribution in [1.82, 2.24) is 0 Å². The maximum Gasteiger partial charge on any atom is 0.335 e. The van der Waals surface area contributed by atoms with Crippen LogP contribution in [0.25, 0.3) is 0 Å². The summed E-state index contributed by atoms with van der Waals surface area (Å²) in [6.07, 6.45) is 0.0896. The van der Waals surface area contributed by atoms with Crippen molar-refractivity contribution in [3.05, 3.63) is 34.9 Å². The first kappa shape index (κ1) is 26.0. The quantitative estimate of drug-likeness (QED) is 0.279. The van der Waals surface area contributed by atoms with Crippen molar-refractivity contribution >= 4 is 21.2 Å². The molecule has 166 valence electrons. The Kier molecular flexibility index (Phi) is 11.3. The Morgan fingerprint density at radius 2 is 1.07 bits per heavy atom. The summed E-state index contributed by atoms with van der Waals surface area (Å²) in [7, 11) is -6.67. The summed E-state index contributed by atoms with van der Waals surface area (Å²) in [5.41, 5.74) is 2.00. The second kappa shape index (κ2) is 12.6. The van der Waals surface area contributed by atoms with Crippen molar-refractivity contribution in [3.63, 3.8) is 0 Å². The number of rotatable bonds is 14. The first-order valence-corrected chi connectivity index (χ1v) is 13.2. The number of benzene rings is 1. The van der Waals surface area contributed by atoms with Crippen LogP contribution in [0.4, 0.5) is 0 Å². The Hall–Kier alpha value is -1.01. The standard InChI is InChI=1S/C19H32O8P2/c1-6-24-28(21,25-7-2)14-18-10-17(13-23-16(5)20)11-19(12-18)15-29(22,26-8-3)27-9-4/h10-12H,6-9,13-15H2,1-5H3. The molecular formula is C19H32O8P2. The molecule has 1 rings (SSSR count). The van der Waals surface area contributed by atoms with Gasteiger partial charge in [0.2, 0.25) is 0 Å². The van der Waals surface area contributed by atoms with E-state index in [1.165, 1.54) is 6.92 Å². The summed E-state index contributed by atoms with van der Waals surface area (Å²) in [5.74, 6) is -0.416. The monoisotopic (exact) mass is 450 g/mol. The Morgan fingerprint density at radius 3 is 1.38 bits per heavy atom. The molecule has 0 aromatic heterocycles. The third-order valence-electron chi connectivity index (χ3n) is 3.61. The lowest BCUT2D eigenvalue weighted by atomic mass is 10.1. The molecule has 0 saturated carbocycles. The third-order valence-corrected chi connectivity index (χ3v) is 7.72. The van der Waals surface area contributed by atoms with Gasteiger partial charge in [-0.25, -0.2) is 0 Å². The van der Waals surface area contributed by atoms with E-state index in [9.17, 15) is 13.9 Å². The largest absolute Gasteiger partial charge is 0.461 e. The smallest absolute Gasteiger partial charge is 0.335 e. The van der Waals surface area contributed by atoms with Gasteiger partial charge in [0, 0.05) is 6.92 Å². The summed E-state index contributed by atoms with van der Waals surface area (Å²) in [4.78, 5) is 11.2. The summed E-state index contributed by atoms with van der Waals surface area (Å²) < 4.78 is 52.4. The number of hydrogen-bond acceptors (Lipinski definition) is 8. The molecular weight excluding hydrogens is 418 g/mol. The van der Waals surface area contributed by atoms with Crippen molar-refractivity contribution in [3.8, 4) is 0 Å².